The van der Waals surface area contributed by atoms with Crippen LogP contribution < -0.4 is 10.6 Å². The molecule has 2 aromatic carbocycles. The van der Waals surface area contributed by atoms with Crippen molar-refractivity contribution in [2.75, 3.05) is 13.1 Å². The second-order valence-corrected chi connectivity index (χ2v) is 11.2. The standard InChI is InChI=1S/C31H37N9O3/c1-21(2)17-26-30(42)34-22(3)29-36-28(23-9-5-4-6-10-23)37-40(29)16-15-38(14-8-13-27(41)35-26)31(43)24-11-7-12-25(18-24)39-19-32-33-20-39/h4-7,9-12,18-22,26H,8,13-17H2,1-3H3,(H,34,42)(H,35,41)/t22-,26-/m1/s1. The molecule has 12 nitrogen and oxygen atoms in total. The molecule has 0 saturated carbocycles. The minimum Gasteiger partial charge on any atom is -0.345 e. The maximum atomic E-state index is 13.8. The Hall–Kier alpha value is -4.87. The molecular weight excluding hydrogens is 546 g/mol. The molecular formula is C31H37N9O3. The average molecular weight is 584 g/mol. The SMILES string of the molecule is CC(C)C[C@H]1NC(=O)CCCN(C(=O)c2cccc(-n3cnnc3)c2)CCn2nc(-c3ccccc3)nc2[C@@H](C)NC1=O. The van der Waals surface area contributed by atoms with E-state index in [2.05, 4.69) is 20.8 Å². The zero-order valence-electron chi connectivity index (χ0n) is 24.7. The Morgan fingerprint density at radius 2 is 1.74 bits per heavy atom. The Labute approximate surface area is 250 Å². The molecule has 0 unspecified atom stereocenters. The van der Waals surface area contributed by atoms with Gasteiger partial charge in [-0.2, -0.15) is 5.10 Å². The van der Waals surface area contributed by atoms with Gasteiger partial charge in [-0.3, -0.25) is 19.0 Å². The van der Waals surface area contributed by atoms with Crippen molar-refractivity contribution in [3.05, 3.63) is 78.6 Å². The summed E-state index contributed by atoms with van der Waals surface area (Å²) < 4.78 is 3.50. The van der Waals surface area contributed by atoms with Gasteiger partial charge in [-0.25, -0.2) is 9.67 Å². The van der Waals surface area contributed by atoms with Gasteiger partial charge in [0.25, 0.3) is 5.91 Å². The third kappa shape index (κ3) is 7.32. The number of hydrogen-bond acceptors (Lipinski definition) is 7. The first-order valence-electron chi connectivity index (χ1n) is 14.6. The van der Waals surface area contributed by atoms with Crippen molar-refractivity contribution in [3.8, 4) is 17.1 Å². The summed E-state index contributed by atoms with van der Waals surface area (Å²) in [6.45, 7) is 6.92. The number of nitrogens with zero attached hydrogens (tertiary/aromatic N) is 7. The van der Waals surface area contributed by atoms with Crippen LogP contribution in [0.1, 0.15) is 62.3 Å². The van der Waals surface area contributed by atoms with Crippen LogP contribution in [0.5, 0.6) is 0 Å². The monoisotopic (exact) mass is 583 g/mol. The highest BCUT2D eigenvalue weighted by Gasteiger charge is 2.27. The molecule has 0 bridgehead atoms. The van der Waals surface area contributed by atoms with Gasteiger partial charge in [0.2, 0.25) is 11.8 Å². The van der Waals surface area contributed by atoms with Gasteiger partial charge in [0.1, 0.15) is 24.5 Å². The molecule has 0 aliphatic carbocycles. The van der Waals surface area contributed by atoms with Crippen LogP contribution in [0.2, 0.25) is 0 Å². The molecule has 224 valence electrons. The van der Waals surface area contributed by atoms with Gasteiger partial charge < -0.3 is 15.5 Å². The number of carbonyl (C=O) groups excluding carboxylic acids is 3. The van der Waals surface area contributed by atoms with Gasteiger partial charge in [-0.15, -0.1) is 10.2 Å². The third-order valence-corrected chi connectivity index (χ3v) is 7.35. The van der Waals surface area contributed by atoms with E-state index in [9.17, 15) is 14.4 Å². The number of nitrogens with one attached hydrogen (secondary N) is 2. The summed E-state index contributed by atoms with van der Waals surface area (Å²) in [5, 5.41) is 18.5. The van der Waals surface area contributed by atoms with Gasteiger partial charge >= 0.3 is 0 Å². The van der Waals surface area contributed by atoms with Crippen molar-refractivity contribution in [1.82, 2.24) is 45.1 Å². The second-order valence-electron chi connectivity index (χ2n) is 11.2. The summed E-state index contributed by atoms with van der Waals surface area (Å²) in [6, 6.07) is 15.7. The molecule has 2 aromatic heterocycles. The molecule has 0 spiro atoms. The molecule has 3 heterocycles. The van der Waals surface area contributed by atoms with Gasteiger partial charge in [-0.05, 0) is 43.9 Å². The van der Waals surface area contributed by atoms with E-state index in [4.69, 9.17) is 10.1 Å². The van der Waals surface area contributed by atoms with Crippen LogP contribution in [0.3, 0.4) is 0 Å². The molecule has 2 N–H and O–H groups in total. The fourth-order valence-electron chi connectivity index (χ4n) is 5.17. The number of carbonyl (C=O) groups is 3. The normalized spacial score (nSPS) is 18.5. The molecule has 0 saturated heterocycles. The summed E-state index contributed by atoms with van der Waals surface area (Å²) >= 11 is 0. The maximum absolute atomic E-state index is 13.8. The summed E-state index contributed by atoms with van der Waals surface area (Å²) in [5.74, 6) is 0.662. The molecule has 4 aromatic rings. The molecule has 2 atom stereocenters. The molecule has 43 heavy (non-hydrogen) atoms. The minimum atomic E-state index is -0.680. The fourth-order valence-corrected chi connectivity index (χ4v) is 5.17. The highest BCUT2D eigenvalue weighted by atomic mass is 16.2. The lowest BCUT2D eigenvalue weighted by atomic mass is 10.0. The van der Waals surface area contributed by atoms with E-state index in [1.807, 2.05) is 63.2 Å². The summed E-state index contributed by atoms with van der Waals surface area (Å²) in [5.41, 5.74) is 2.13. The first kappa shape index (κ1) is 29.6. The number of hydrogen-bond donors (Lipinski definition) is 2. The van der Waals surface area contributed by atoms with E-state index < -0.39 is 12.1 Å². The highest BCUT2D eigenvalue weighted by Crippen LogP contribution is 2.20. The van der Waals surface area contributed by atoms with Crippen molar-refractivity contribution in [2.24, 2.45) is 5.92 Å². The summed E-state index contributed by atoms with van der Waals surface area (Å²) in [4.78, 5) is 46.6. The maximum Gasteiger partial charge on any atom is 0.253 e. The lowest BCUT2D eigenvalue weighted by molar-refractivity contribution is -0.129. The molecule has 3 amide bonds. The predicted octanol–water partition coefficient (Wildman–Crippen LogP) is 3.17. The van der Waals surface area contributed by atoms with Crippen molar-refractivity contribution < 1.29 is 14.4 Å². The van der Waals surface area contributed by atoms with Crippen molar-refractivity contribution in [1.29, 1.82) is 0 Å². The number of fused-ring (bicyclic) bond motifs is 1. The first-order chi connectivity index (χ1) is 20.8. The second kappa shape index (κ2) is 13.4. The Morgan fingerprint density at radius 3 is 2.49 bits per heavy atom. The van der Waals surface area contributed by atoms with E-state index in [1.54, 1.807) is 38.9 Å². The third-order valence-electron chi connectivity index (χ3n) is 7.35. The Morgan fingerprint density at radius 1 is 0.977 bits per heavy atom. The van der Waals surface area contributed by atoms with E-state index in [0.29, 0.717) is 49.7 Å². The number of amides is 3. The number of benzene rings is 2. The number of rotatable bonds is 5. The van der Waals surface area contributed by atoms with E-state index in [-0.39, 0.29) is 30.1 Å². The Kier molecular flexibility index (Phi) is 9.23. The van der Waals surface area contributed by atoms with Crippen LogP contribution >= 0.6 is 0 Å². The van der Waals surface area contributed by atoms with E-state index in [0.717, 1.165) is 11.3 Å². The average Bonchev–Trinajstić information content (AvgIpc) is 3.69. The zero-order chi connectivity index (χ0) is 30.3. The van der Waals surface area contributed by atoms with Crippen molar-refractivity contribution >= 4 is 17.7 Å². The van der Waals surface area contributed by atoms with Crippen LogP contribution in [-0.4, -0.2) is 71.3 Å². The molecule has 0 fully saturated rings. The minimum absolute atomic E-state index is 0.161. The predicted molar refractivity (Wildman–Crippen MR) is 160 cm³/mol. The smallest absolute Gasteiger partial charge is 0.253 e. The lowest BCUT2D eigenvalue weighted by Gasteiger charge is -2.26. The Balaban J connectivity index is 1.47. The van der Waals surface area contributed by atoms with Gasteiger partial charge in [0.05, 0.1) is 12.6 Å². The van der Waals surface area contributed by atoms with Crippen LogP contribution in [-0.2, 0) is 16.1 Å². The van der Waals surface area contributed by atoms with Crippen LogP contribution in [0, 0.1) is 5.92 Å². The van der Waals surface area contributed by atoms with E-state index >= 15 is 0 Å². The van der Waals surface area contributed by atoms with Crippen LogP contribution in [0.4, 0.5) is 0 Å². The van der Waals surface area contributed by atoms with Crippen LogP contribution in [0.15, 0.2) is 67.3 Å². The molecule has 0 radical (unpaired) electrons. The number of aromatic nitrogens is 6. The molecule has 5 rings (SSSR count). The van der Waals surface area contributed by atoms with Gasteiger partial charge in [0, 0.05) is 36.3 Å². The summed E-state index contributed by atoms with van der Waals surface area (Å²) in [6.07, 6.45) is 4.28. The molecule has 1 aliphatic rings. The quantitative estimate of drug-likeness (QED) is 0.368. The summed E-state index contributed by atoms with van der Waals surface area (Å²) in [7, 11) is 0. The highest BCUT2D eigenvalue weighted by molar-refractivity contribution is 5.95. The fraction of sp³-hybridized carbons (Fsp3) is 0.387. The van der Waals surface area contributed by atoms with Crippen molar-refractivity contribution in [2.45, 2.75) is 58.7 Å². The van der Waals surface area contributed by atoms with Crippen LogP contribution in [0.25, 0.3) is 17.1 Å². The lowest BCUT2D eigenvalue weighted by Crippen LogP contribution is -2.48. The van der Waals surface area contributed by atoms with E-state index in [1.165, 1.54) is 0 Å². The van der Waals surface area contributed by atoms with Crippen molar-refractivity contribution in [3.63, 3.8) is 0 Å². The topological polar surface area (TPSA) is 140 Å². The Bertz CT molecular complexity index is 1550. The van der Waals surface area contributed by atoms with Gasteiger partial charge in [0.15, 0.2) is 5.82 Å². The first-order valence-corrected chi connectivity index (χ1v) is 14.6. The molecule has 12 heteroatoms. The van der Waals surface area contributed by atoms with Gasteiger partial charge in [-0.1, -0.05) is 50.2 Å². The zero-order valence-corrected chi connectivity index (χ0v) is 24.7. The molecule has 1 aliphatic heterocycles. The largest absolute Gasteiger partial charge is 0.345 e.